The molecule has 5 heteroatoms. The molecule has 0 saturated carbocycles. The molecule has 1 aliphatic rings. The third-order valence-electron chi connectivity index (χ3n) is 5.25. The van der Waals surface area contributed by atoms with E-state index in [0.29, 0.717) is 13.2 Å². The highest BCUT2D eigenvalue weighted by atomic mass is 19.1. The van der Waals surface area contributed by atoms with Crippen LogP contribution in [0.2, 0.25) is 0 Å². The summed E-state index contributed by atoms with van der Waals surface area (Å²) in [6.45, 7) is 1.11. The Labute approximate surface area is 182 Å². The molecule has 1 aliphatic heterocycles. The van der Waals surface area contributed by atoms with Crippen molar-refractivity contribution in [3.05, 3.63) is 108 Å². The van der Waals surface area contributed by atoms with E-state index in [4.69, 9.17) is 18.9 Å². The number of alkyl halides is 1. The SMILES string of the molecule is F[C@H]1OC[C@H](OCc2ccccc2)[C@H](OCc2ccccc2)[C@H]1OCc1ccccc1. The molecule has 1 fully saturated rings. The number of hydrogen-bond donors (Lipinski definition) is 0. The predicted molar refractivity (Wildman–Crippen MR) is 116 cm³/mol. The van der Waals surface area contributed by atoms with E-state index in [0.717, 1.165) is 16.7 Å². The van der Waals surface area contributed by atoms with Crippen LogP contribution in [-0.4, -0.2) is 31.3 Å². The lowest BCUT2D eigenvalue weighted by Crippen LogP contribution is -2.54. The van der Waals surface area contributed by atoms with Gasteiger partial charge in [-0.1, -0.05) is 91.0 Å². The van der Waals surface area contributed by atoms with Crippen molar-refractivity contribution in [2.75, 3.05) is 6.61 Å². The van der Waals surface area contributed by atoms with Crippen molar-refractivity contribution in [3.8, 4) is 0 Å². The predicted octanol–water partition coefficient (Wildman–Crippen LogP) is 5.07. The molecular weight excluding hydrogens is 395 g/mol. The van der Waals surface area contributed by atoms with Gasteiger partial charge >= 0.3 is 0 Å². The van der Waals surface area contributed by atoms with Gasteiger partial charge in [-0.2, -0.15) is 0 Å². The molecular formula is C26H27FO4. The summed E-state index contributed by atoms with van der Waals surface area (Å²) in [4.78, 5) is 0. The Morgan fingerprint density at radius 1 is 0.613 bits per heavy atom. The van der Waals surface area contributed by atoms with Gasteiger partial charge in [0, 0.05) is 0 Å². The first kappa shape index (κ1) is 21.7. The third kappa shape index (κ3) is 6.21. The number of halogens is 1. The summed E-state index contributed by atoms with van der Waals surface area (Å²) in [5, 5.41) is 0. The molecule has 3 aromatic rings. The summed E-state index contributed by atoms with van der Waals surface area (Å²) in [7, 11) is 0. The summed E-state index contributed by atoms with van der Waals surface area (Å²) >= 11 is 0. The molecule has 4 atom stereocenters. The zero-order valence-electron chi connectivity index (χ0n) is 17.3. The lowest BCUT2D eigenvalue weighted by Gasteiger charge is -2.39. The van der Waals surface area contributed by atoms with E-state index in [9.17, 15) is 4.39 Å². The van der Waals surface area contributed by atoms with Crippen LogP contribution in [0.1, 0.15) is 16.7 Å². The van der Waals surface area contributed by atoms with Crippen molar-refractivity contribution in [3.63, 3.8) is 0 Å². The average Bonchev–Trinajstić information content (AvgIpc) is 2.83. The lowest BCUT2D eigenvalue weighted by molar-refractivity contribution is -0.266. The molecule has 0 spiro atoms. The average molecular weight is 422 g/mol. The van der Waals surface area contributed by atoms with Crippen LogP contribution in [0.15, 0.2) is 91.0 Å². The molecule has 0 N–H and O–H groups in total. The van der Waals surface area contributed by atoms with Crippen molar-refractivity contribution in [2.24, 2.45) is 0 Å². The molecule has 4 rings (SSSR count). The van der Waals surface area contributed by atoms with Crippen molar-refractivity contribution in [1.82, 2.24) is 0 Å². The largest absolute Gasteiger partial charge is 0.368 e. The second-order valence-corrected chi connectivity index (χ2v) is 7.54. The van der Waals surface area contributed by atoms with Gasteiger partial charge < -0.3 is 18.9 Å². The number of hydrogen-bond acceptors (Lipinski definition) is 4. The van der Waals surface area contributed by atoms with Gasteiger partial charge in [0.15, 0.2) is 0 Å². The second kappa shape index (κ2) is 11.2. The van der Waals surface area contributed by atoms with Crippen LogP contribution >= 0.6 is 0 Å². The van der Waals surface area contributed by atoms with Gasteiger partial charge in [0.1, 0.15) is 18.3 Å². The number of rotatable bonds is 9. The van der Waals surface area contributed by atoms with Crippen molar-refractivity contribution >= 4 is 0 Å². The van der Waals surface area contributed by atoms with Gasteiger partial charge in [-0.15, -0.1) is 0 Å². The van der Waals surface area contributed by atoms with Crippen LogP contribution in [0.4, 0.5) is 4.39 Å². The quantitative estimate of drug-likeness (QED) is 0.483. The van der Waals surface area contributed by atoms with Gasteiger partial charge in [-0.3, -0.25) is 0 Å². The van der Waals surface area contributed by atoms with Crippen molar-refractivity contribution in [2.45, 2.75) is 44.5 Å². The summed E-state index contributed by atoms with van der Waals surface area (Å²) in [6.07, 6.45) is -3.52. The van der Waals surface area contributed by atoms with E-state index >= 15 is 0 Å². The van der Waals surface area contributed by atoms with Crippen LogP contribution in [0, 0.1) is 0 Å². The Kier molecular flexibility index (Phi) is 7.80. The lowest BCUT2D eigenvalue weighted by atomic mass is 10.0. The number of benzene rings is 3. The van der Waals surface area contributed by atoms with Crippen molar-refractivity contribution in [1.29, 1.82) is 0 Å². The minimum Gasteiger partial charge on any atom is -0.368 e. The van der Waals surface area contributed by atoms with Gasteiger partial charge in [-0.25, -0.2) is 4.39 Å². The third-order valence-corrected chi connectivity index (χ3v) is 5.25. The molecule has 0 radical (unpaired) electrons. The summed E-state index contributed by atoms with van der Waals surface area (Å²) in [5.74, 6) is 0. The minimum atomic E-state index is -1.58. The molecule has 4 nitrogen and oxygen atoms in total. The van der Waals surface area contributed by atoms with Gasteiger partial charge in [0.2, 0.25) is 6.36 Å². The molecule has 3 aromatic carbocycles. The zero-order valence-corrected chi connectivity index (χ0v) is 17.3. The highest BCUT2D eigenvalue weighted by molar-refractivity contribution is 5.15. The Balaban J connectivity index is 1.46. The Morgan fingerprint density at radius 3 is 1.52 bits per heavy atom. The van der Waals surface area contributed by atoms with E-state index in [-0.39, 0.29) is 13.2 Å². The maximum absolute atomic E-state index is 14.8. The van der Waals surface area contributed by atoms with Crippen LogP contribution in [0.3, 0.4) is 0 Å². The highest BCUT2D eigenvalue weighted by Gasteiger charge is 2.43. The van der Waals surface area contributed by atoms with E-state index < -0.39 is 24.7 Å². The molecule has 0 unspecified atom stereocenters. The molecule has 1 heterocycles. The Hall–Kier alpha value is -2.57. The maximum atomic E-state index is 14.8. The van der Waals surface area contributed by atoms with Crippen LogP contribution in [0.5, 0.6) is 0 Å². The van der Waals surface area contributed by atoms with Crippen LogP contribution < -0.4 is 0 Å². The molecule has 0 amide bonds. The number of ether oxygens (including phenoxy) is 4. The first-order valence-corrected chi connectivity index (χ1v) is 10.5. The molecule has 31 heavy (non-hydrogen) atoms. The first-order chi connectivity index (χ1) is 15.3. The smallest absolute Gasteiger partial charge is 0.228 e. The van der Waals surface area contributed by atoms with E-state index in [1.54, 1.807) is 0 Å². The normalized spacial score (nSPS) is 23.5. The van der Waals surface area contributed by atoms with Gasteiger partial charge in [0.05, 0.1) is 26.4 Å². The maximum Gasteiger partial charge on any atom is 0.228 e. The Bertz CT molecular complexity index is 891. The fourth-order valence-electron chi connectivity index (χ4n) is 3.56. The molecule has 0 bridgehead atoms. The minimum absolute atomic E-state index is 0.110. The topological polar surface area (TPSA) is 36.9 Å². The van der Waals surface area contributed by atoms with Crippen molar-refractivity contribution < 1.29 is 23.3 Å². The van der Waals surface area contributed by atoms with E-state index in [1.165, 1.54) is 0 Å². The zero-order chi connectivity index (χ0) is 21.3. The molecule has 162 valence electrons. The standard InChI is InChI=1S/C26H27FO4/c27-26-25(30-18-22-14-8-3-9-15-22)24(29-17-21-12-6-2-7-13-21)23(19-31-26)28-16-20-10-4-1-5-11-20/h1-15,23-26H,16-19H2/t23-,24-,25+,26-/m0/s1. The fourth-order valence-corrected chi connectivity index (χ4v) is 3.56. The fraction of sp³-hybridized carbons (Fsp3) is 0.308. The van der Waals surface area contributed by atoms with Gasteiger partial charge in [-0.05, 0) is 16.7 Å². The van der Waals surface area contributed by atoms with Crippen LogP contribution in [0.25, 0.3) is 0 Å². The van der Waals surface area contributed by atoms with Gasteiger partial charge in [0.25, 0.3) is 0 Å². The van der Waals surface area contributed by atoms with Crippen LogP contribution in [-0.2, 0) is 38.8 Å². The first-order valence-electron chi connectivity index (χ1n) is 10.5. The Morgan fingerprint density at radius 2 is 1.03 bits per heavy atom. The molecule has 0 aliphatic carbocycles. The van der Waals surface area contributed by atoms with E-state index in [1.807, 2.05) is 91.0 Å². The molecule has 1 saturated heterocycles. The second-order valence-electron chi connectivity index (χ2n) is 7.54. The highest BCUT2D eigenvalue weighted by Crippen LogP contribution is 2.27. The summed E-state index contributed by atoms with van der Waals surface area (Å²) in [6, 6.07) is 29.4. The van der Waals surface area contributed by atoms with E-state index in [2.05, 4.69) is 0 Å². The molecule has 0 aromatic heterocycles. The monoisotopic (exact) mass is 422 g/mol. The summed E-state index contributed by atoms with van der Waals surface area (Å²) < 4.78 is 38.4. The summed E-state index contributed by atoms with van der Waals surface area (Å²) in [5.41, 5.74) is 3.00.